The number of amides is 2. The van der Waals surface area contributed by atoms with Crippen molar-refractivity contribution >= 4 is 22.9 Å². The molecule has 2 rings (SSSR count). The van der Waals surface area contributed by atoms with Gasteiger partial charge in [-0.3, -0.25) is 9.59 Å². The Morgan fingerprint density at radius 3 is 2.76 bits per heavy atom. The van der Waals surface area contributed by atoms with Crippen molar-refractivity contribution in [3.8, 4) is 5.75 Å². The van der Waals surface area contributed by atoms with Crippen LogP contribution in [0.25, 0.3) is 0 Å². The van der Waals surface area contributed by atoms with E-state index < -0.39 is 6.10 Å². The normalized spacial score (nSPS) is 15.9. The van der Waals surface area contributed by atoms with E-state index in [1.165, 1.54) is 16.7 Å². The van der Waals surface area contributed by atoms with Gasteiger partial charge in [0.05, 0.1) is 13.2 Å². The fourth-order valence-corrected chi connectivity index (χ4v) is 2.78. The lowest BCUT2D eigenvalue weighted by atomic mass is 10.1. The minimum absolute atomic E-state index is 0.0428. The fraction of sp³-hybridized carbons (Fsp3) is 0.429. The van der Waals surface area contributed by atoms with Gasteiger partial charge in [-0.05, 0) is 17.7 Å². The molecule has 0 aromatic heterocycles. The van der Waals surface area contributed by atoms with Gasteiger partial charge in [0, 0.05) is 18.8 Å². The molecule has 114 valence electrons. The number of carbonyl (C=O) groups excluding carboxylic acids is 2. The Balaban J connectivity index is 1.78. The molecule has 1 heterocycles. The van der Waals surface area contributed by atoms with Crippen molar-refractivity contribution in [1.29, 1.82) is 0 Å². The van der Waals surface area contributed by atoms with Crippen LogP contribution in [0.2, 0.25) is 0 Å². The number of aliphatic hydroxyl groups excluding tert-OH is 1. The van der Waals surface area contributed by atoms with Crippen LogP contribution in [0.5, 0.6) is 5.75 Å². The summed E-state index contributed by atoms with van der Waals surface area (Å²) >= 11 is 1.22. The summed E-state index contributed by atoms with van der Waals surface area (Å²) in [6, 6.07) is 6.99. The molecule has 6 nitrogen and oxygen atoms in total. The molecule has 0 spiro atoms. The number of carbonyl (C=O) groups is 2. The van der Waals surface area contributed by atoms with Gasteiger partial charge in [-0.25, -0.2) is 0 Å². The second-order valence-electron chi connectivity index (χ2n) is 4.63. The van der Waals surface area contributed by atoms with E-state index >= 15 is 0 Å². The predicted molar refractivity (Wildman–Crippen MR) is 80.4 cm³/mol. The zero-order chi connectivity index (χ0) is 15.2. The summed E-state index contributed by atoms with van der Waals surface area (Å²) in [4.78, 5) is 24.6. The minimum atomic E-state index is -0.788. The minimum Gasteiger partial charge on any atom is -0.497 e. The van der Waals surface area contributed by atoms with E-state index in [-0.39, 0.29) is 24.2 Å². The maximum absolute atomic E-state index is 11.7. The van der Waals surface area contributed by atoms with Crippen molar-refractivity contribution < 1.29 is 19.4 Å². The van der Waals surface area contributed by atoms with Crippen LogP contribution >= 0.6 is 11.8 Å². The summed E-state index contributed by atoms with van der Waals surface area (Å²) in [7, 11) is 1.57. The highest BCUT2D eigenvalue weighted by Crippen LogP contribution is 2.18. The Kier molecular flexibility index (Phi) is 5.46. The number of nitrogens with one attached hydrogen (secondary N) is 1. The molecule has 0 saturated carbocycles. The number of thioether (sulfide) groups is 1. The van der Waals surface area contributed by atoms with E-state index in [4.69, 9.17) is 4.74 Å². The number of hydrogen-bond donors (Lipinski definition) is 2. The van der Waals surface area contributed by atoms with Gasteiger partial charge in [0.15, 0.2) is 0 Å². The highest BCUT2D eigenvalue weighted by atomic mass is 32.2. The molecule has 1 fully saturated rings. The Morgan fingerprint density at radius 1 is 1.48 bits per heavy atom. The average Bonchev–Trinajstić information content (AvgIpc) is 2.90. The van der Waals surface area contributed by atoms with Gasteiger partial charge in [0.1, 0.15) is 12.3 Å². The number of rotatable bonds is 6. The van der Waals surface area contributed by atoms with Crippen molar-refractivity contribution in [2.45, 2.75) is 6.10 Å². The highest BCUT2D eigenvalue weighted by Gasteiger charge is 2.23. The van der Waals surface area contributed by atoms with E-state index in [0.717, 1.165) is 5.75 Å². The molecule has 0 aliphatic carbocycles. The van der Waals surface area contributed by atoms with Crippen LogP contribution in [0, 0.1) is 0 Å². The molecule has 0 radical (unpaired) electrons. The lowest BCUT2D eigenvalue weighted by Crippen LogP contribution is -2.38. The summed E-state index contributed by atoms with van der Waals surface area (Å²) in [5.74, 6) is 1.17. The van der Waals surface area contributed by atoms with Gasteiger partial charge in [0.2, 0.25) is 5.91 Å². The van der Waals surface area contributed by atoms with E-state index in [2.05, 4.69) is 5.32 Å². The molecule has 1 aromatic carbocycles. The van der Waals surface area contributed by atoms with E-state index in [1.54, 1.807) is 31.4 Å². The molecule has 1 aromatic rings. The Morgan fingerprint density at radius 2 is 2.19 bits per heavy atom. The van der Waals surface area contributed by atoms with Gasteiger partial charge >= 0.3 is 0 Å². The first-order valence-corrected chi connectivity index (χ1v) is 7.59. The third kappa shape index (κ3) is 4.37. The third-order valence-electron chi connectivity index (χ3n) is 3.17. The zero-order valence-corrected chi connectivity index (χ0v) is 12.6. The third-order valence-corrected chi connectivity index (χ3v) is 4.06. The van der Waals surface area contributed by atoms with Crippen LogP contribution in [-0.2, 0) is 4.79 Å². The molecule has 1 atom stereocenters. The van der Waals surface area contributed by atoms with Gasteiger partial charge in [-0.1, -0.05) is 23.9 Å². The molecule has 7 heteroatoms. The molecular formula is C14H18N2O4S. The Bertz CT molecular complexity index is 506. The van der Waals surface area contributed by atoms with Crippen LogP contribution in [0.15, 0.2) is 24.3 Å². The van der Waals surface area contributed by atoms with Crippen LogP contribution in [-0.4, -0.2) is 53.6 Å². The first-order valence-electron chi connectivity index (χ1n) is 6.60. The summed E-state index contributed by atoms with van der Waals surface area (Å²) in [6.07, 6.45) is -0.788. The van der Waals surface area contributed by atoms with Crippen LogP contribution in [0.4, 0.5) is 4.79 Å². The number of aliphatic hydroxyl groups is 1. The standard InChI is InChI=1S/C14H18N2O4S/c1-20-11-4-2-10(3-5-11)12(17)8-15-13(18)9-16-6-7-21-14(16)19/h2-5,12,17H,6-9H2,1H3,(H,15,18). The number of ether oxygens (including phenoxy) is 1. The summed E-state index contributed by atoms with van der Waals surface area (Å²) in [5, 5.41) is 12.6. The lowest BCUT2D eigenvalue weighted by Gasteiger charge is -2.16. The summed E-state index contributed by atoms with van der Waals surface area (Å²) in [5.41, 5.74) is 0.698. The molecule has 0 bridgehead atoms. The molecular weight excluding hydrogens is 292 g/mol. The molecule has 2 N–H and O–H groups in total. The van der Waals surface area contributed by atoms with Gasteiger partial charge in [-0.15, -0.1) is 0 Å². The maximum atomic E-state index is 11.7. The van der Waals surface area contributed by atoms with Crippen molar-refractivity contribution in [2.24, 2.45) is 0 Å². The Hall–Kier alpha value is -1.73. The Labute approximate surface area is 127 Å². The monoisotopic (exact) mass is 310 g/mol. The molecule has 2 amide bonds. The van der Waals surface area contributed by atoms with Crippen LogP contribution in [0.1, 0.15) is 11.7 Å². The molecule has 1 aliphatic rings. The highest BCUT2D eigenvalue weighted by molar-refractivity contribution is 8.13. The second kappa shape index (κ2) is 7.33. The van der Waals surface area contributed by atoms with Crippen molar-refractivity contribution in [1.82, 2.24) is 10.2 Å². The van der Waals surface area contributed by atoms with E-state index in [1.807, 2.05) is 0 Å². The van der Waals surface area contributed by atoms with Crippen LogP contribution < -0.4 is 10.1 Å². The van der Waals surface area contributed by atoms with Crippen molar-refractivity contribution in [2.75, 3.05) is 32.5 Å². The SMILES string of the molecule is COc1ccc(C(O)CNC(=O)CN2CCSC2=O)cc1. The topological polar surface area (TPSA) is 78.9 Å². The number of nitrogens with zero attached hydrogens (tertiary/aromatic N) is 1. The quantitative estimate of drug-likeness (QED) is 0.820. The summed E-state index contributed by atoms with van der Waals surface area (Å²) in [6.45, 7) is 0.749. The summed E-state index contributed by atoms with van der Waals surface area (Å²) < 4.78 is 5.04. The lowest BCUT2D eigenvalue weighted by molar-refractivity contribution is -0.122. The first kappa shape index (κ1) is 15.7. The fourth-order valence-electron chi connectivity index (χ4n) is 1.95. The number of benzene rings is 1. The zero-order valence-electron chi connectivity index (χ0n) is 11.7. The molecule has 21 heavy (non-hydrogen) atoms. The number of methoxy groups -OCH3 is 1. The molecule has 1 saturated heterocycles. The predicted octanol–water partition coefficient (Wildman–Crippen LogP) is 1.01. The molecule has 1 unspecified atom stereocenters. The van der Waals surface area contributed by atoms with Gasteiger partial charge < -0.3 is 20.1 Å². The van der Waals surface area contributed by atoms with Crippen molar-refractivity contribution in [3.63, 3.8) is 0 Å². The number of hydrogen-bond acceptors (Lipinski definition) is 5. The van der Waals surface area contributed by atoms with Crippen molar-refractivity contribution in [3.05, 3.63) is 29.8 Å². The smallest absolute Gasteiger partial charge is 0.282 e. The maximum Gasteiger partial charge on any atom is 0.282 e. The van der Waals surface area contributed by atoms with Gasteiger partial charge in [-0.2, -0.15) is 0 Å². The second-order valence-corrected chi connectivity index (χ2v) is 5.68. The van der Waals surface area contributed by atoms with E-state index in [9.17, 15) is 14.7 Å². The van der Waals surface area contributed by atoms with Gasteiger partial charge in [0.25, 0.3) is 5.24 Å². The van der Waals surface area contributed by atoms with E-state index in [0.29, 0.717) is 17.9 Å². The largest absolute Gasteiger partial charge is 0.497 e. The average molecular weight is 310 g/mol. The first-order chi connectivity index (χ1) is 10.1. The van der Waals surface area contributed by atoms with Crippen LogP contribution in [0.3, 0.4) is 0 Å². The molecule has 1 aliphatic heterocycles.